The molecule has 0 aromatic heterocycles. The molecule has 1 atom stereocenters. The molecule has 0 aliphatic carbocycles. The first-order valence-electron chi connectivity index (χ1n) is 6.95. The molecule has 0 aromatic carbocycles. The molecule has 0 heterocycles. The molecule has 0 fully saturated rings. The number of unbranched alkanes of at least 4 members (excludes halogenated alkanes) is 5. The molecule has 0 saturated heterocycles. The summed E-state index contributed by atoms with van der Waals surface area (Å²) in [7, 11) is 0. The summed E-state index contributed by atoms with van der Waals surface area (Å²) >= 11 is 0. The number of carbonyl (C=O) groups is 2. The summed E-state index contributed by atoms with van der Waals surface area (Å²) in [6.45, 7) is 4.28. The summed E-state index contributed by atoms with van der Waals surface area (Å²) in [6.07, 6.45) is 7.68. The van der Waals surface area contributed by atoms with Crippen LogP contribution < -0.4 is 0 Å². The van der Waals surface area contributed by atoms with E-state index >= 15 is 0 Å². The predicted octanol–water partition coefficient (Wildman–Crippen LogP) is 2.27. The number of hydrogen-bond donors (Lipinski definition) is 4. The van der Waals surface area contributed by atoms with Crippen molar-refractivity contribution in [2.45, 2.75) is 71.8 Å². The molecule has 0 amide bonds. The van der Waals surface area contributed by atoms with Gasteiger partial charge in [-0.3, -0.25) is 9.59 Å². The highest BCUT2D eigenvalue weighted by Gasteiger charge is 1.99. The first-order chi connectivity index (χ1) is 9.27. The highest BCUT2D eigenvalue weighted by molar-refractivity contribution is 5.63. The Morgan fingerprint density at radius 3 is 1.60 bits per heavy atom. The van der Waals surface area contributed by atoms with Crippen LogP contribution in [0.5, 0.6) is 0 Å². The van der Waals surface area contributed by atoms with Gasteiger partial charge in [-0.2, -0.15) is 0 Å². The molecule has 6 nitrogen and oxygen atoms in total. The van der Waals surface area contributed by atoms with Crippen LogP contribution in [0.15, 0.2) is 0 Å². The number of aliphatic hydroxyl groups excluding tert-OH is 2. The predicted molar refractivity (Wildman–Crippen MR) is 77.7 cm³/mol. The Labute approximate surface area is 121 Å². The zero-order chi connectivity index (χ0) is 16.4. The van der Waals surface area contributed by atoms with Crippen LogP contribution in [-0.4, -0.2) is 45.1 Å². The van der Waals surface area contributed by atoms with E-state index in [4.69, 9.17) is 30.0 Å². The third kappa shape index (κ3) is 54.0. The average molecular weight is 294 g/mol. The minimum Gasteiger partial charge on any atom is -0.481 e. The van der Waals surface area contributed by atoms with E-state index < -0.39 is 18.0 Å². The topological polar surface area (TPSA) is 115 Å². The highest BCUT2D eigenvalue weighted by atomic mass is 16.4. The van der Waals surface area contributed by atoms with Crippen LogP contribution in [0.1, 0.15) is 65.7 Å². The smallest absolute Gasteiger partial charge is 0.300 e. The Bertz CT molecular complexity index is 198. The van der Waals surface area contributed by atoms with E-state index in [-0.39, 0.29) is 6.61 Å². The van der Waals surface area contributed by atoms with E-state index in [0.717, 1.165) is 26.7 Å². The van der Waals surface area contributed by atoms with E-state index in [0.29, 0.717) is 0 Å². The van der Waals surface area contributed by atoms with Crippen molar-refractivity contribution in [3.05, 3.63) is 0 Å². The van der Waals surface area contributed by atoms with Gasteiger partial charge in [0, 0.05) is 13.8 Å². The molecule has 0 aliphatic rings. The van der Waals surface area contributed by atoms with E-state index in [9.17, 15) is 0 Å². The van der Waals surface area contributed by atoms with E-state index in [1.165, 1.54) is 32.1 Å². The van der Waals surface area contributed by atoms with E-state index in [1.54, 1.807) is 0 Å². The largest absolute Gasteiger partial charge is 0.481 e. The van der Waals surface area contributed by atoms with Crippen molar-refractivity contribution < 1.29 is 30.0 Å². The second kappa shape index (κ2) is 20.2. The number of aliphatic carboxylic acids is 2. The summed E-state index contributed by atoms with van der Waals surface area (Å²) in [5, 5.41) is 32.4. The summed E-state index contributed by atoms with van der Waals surface area (Å²) in [5.41, 5.74) is 0. The molecule has 0 rings (SSSR count). The summed E-state index contributed by atoms with van der Waals surface area (Å²) in [6, 6.07) is 0. The van der Waals surface area contributed by atoms with Gasteiger partial charge in [0.15, 0.2) is 0 Å². The second-order valence-electron chi connectivity index (χ2n) is 4.43. The quantitative estimate of drug-likeness (QED) is 0.510. The van der Waals surface area contributed by atoms with Crippen LogP contribution in [0.25, 0.3) is 0 Å². The van der Waals surface area contributed by atoms with Crippen LogP contribution in [-0.2, 0) is 9.59 Å². The normalized spacial score (nSPS) is 10.4. The Balaban J connectivity index is -0.000000297. The first-order valence-corrected chi connectivity index (χ1v) is 6.95. The standard InChI is InChI=1S/C10H22O2.2C2H4O2/c1-2-3-4-5-6-7-8-10(12)9-11;2*1-2(3)4/h10-12H,2-9H2,1H3;2*1H3,(H,3,4). The van der Waals surface area contributed by atoms with Gasteiger partial charge < -0.3 is 20.4 Å². The van der Waals surface area contributed by atoms with Gasteiger partial charge in [0.2, 0.25) is 0 Å². The van der Waals surface area contributed by atoms with E-state index in [1.807, 2.05) is 0 Å². The summed E-state index contributed by atoms with van der Waals surface area (Å²) in [4.78, 5) is 18.0. The molecule has 0 saturated carbocycles. The van der Waals surface area contributed by atoms with Crippen molar-refractivity contribution in [3.63, 3.8) is 0 Å². The number of carboxylic acids is 2. The fourth-order valence-electron chi connectivity index (χ4n) is 1.25. The van der Waals surface area contributed by atoms with Crippen molar-refractivity contribution in [3.8, 4) is 0 Å². The Morgan fingerprint density at radius 1 is 0.900 bits per heavy atom. The molecule has 4 N–H and O–H groups in total. The Morgan fingerprint density at radius 2 is 1.25 bits per heavy atom. The minimum absolute atomic E-state index is 0.0883. The second-order valence-corrected chi connectivity index (χ2v) is 4.43. The van der Waals surface area contributed by atoms with Crippen molar-refractivity contribution >= 4 is 11.9 Å². The number of aliphatic hydroxyl groups is 2. The monoisotopic (exact) mass is 294 g/mol. The zero-order valence-corrected chi connectivity index (χ0v) is 12.8. The SMILES string of the molecule is CC(=O)O.CC(=O)O.CCCCCCCCC(O)CO. The molecular formula is C14H30O6. The molecule has 122 valence electrons. The minimum atomic E-state index is -0.833. The Kier molecular flexibility index (Phi) is 24.1. The maximum Gasteiger partial charge on any atom is 0.300 e. The first kappa shape index (κ1) is 23.9. The lowest BCUT2D eigenvalue weighted by Crippen LogP contribution is -2.10. The van der Waals surface area contributed by atoms with Crippen molar-refractivity contribution in [2.75, 3.05) is 6.61 Å². The van der Waals surface area contributed by atoms with Crippen molar-refractivity contribution in [1.82, 2.24) is 0 Å². The molecule has 0 spiro atoms. The van der Waals surface area contributed by atoms with Gasteiger partial charge in [0.1, 0.15) is 0 Å². The van der Waals surface area contributed by atoms with Crippen LogP contribution in [0, 0.1) is 0 Å². The van der Waals surface area contributed by atoms with Crippen LogP contribution in [0.4, 0.5) is 0 Å². The molecule has 1 unspecified atom stereocenters. The molecule has 20 heavy (non-hydrogen) atoms. The lowest BCUT2D eigenvalue weighted by atomic mass is 10.1. The summed E-state index contributed by atoms with van der Waals surface area (Å²) in [5.74, 6) is -1.67. The number of hydrogen-bond acceptors (Lipinski definition) is 4. The Hall–Kier alpha value is -1.14. The molecule has 0 aliphatic heterocycles. The van der Waals surface area contributed by atoms with Crippen molar-refractivity contribution in [2.24, 2.45) is 0 Å². The summed E-state index contributed by atoms with van der Waals surface area (Å²) < 4.78 is 0. The third-order valence-corrected chi connectivity index (χ3v) is 2.10. The lowest BCUT2D eigenvalue weighted by molar-refractivity contribution is -0.135. The van der Waals surface area contributed by atoms with Gasteiger partial charge in [-0.25, -0.2) is 0 Å². The molecule has 6 heteroatoms. The fraction of sp³-hybridized carbons (Fsp3) is 0.857. The lowest BCUT2D eigenvalue weighted by Gasteiger charge is -2.05. The van der Waals surface area contributed by atoms with Gasteiger partial charge in [-0.15, -0.1) is 0 Å². The van der Waals surface area contributed by atoms with Crippen LogP contribution >= 0.6 is 0 Å². The molecule has 0 aromatic rings. The molecule has 0 bridgehead atoms. The van der Waals surface area contributed by atoms with Crippen LogP contribution in [0.3, 0.4) is 0 Å². The fourth-order valence-corrected chi connectivity index (χ4v) is 1.25. The average Bonchev–Trinajstić information content (AvgIpc) is 2.32. The highest BCUT2D eigenvalue weighted by Crippen LogP contribution is 2.08. The molecule has 0 radical (unpaired) electrons. The molecular weight excluding hydrogens is 264 g/mol. The van der Waals surface area contributed by atoms with Gasteiger partial charge in [-0.1, -0.05) is 45.4 Å². The zero-order valence-electron chi connectivity index (χ0n) is 12.8. The number of rotatable bonds is 8. The maximum absolute atomic E-state index is 9.01. The van der Waals surface area contributed by atoms with Crippen LogP contribution in [0.2, 0.25) is 0 Å². The van der Waals surface area contributed by atoms with Gasteiger partial charge in [0.25, 0.3) is 11.9 Å². The van der Waals surface area contributed by atoms with Gasteiger partial charge in [0.05, 0.1) is 12.7 Å². The van der Waals surface area contributed by atoms with Gasteiger partial charge in [-0.05, 0) is 6.42 Å². The third-order valence-electron chi connectivity index (χ3n) is 2.10. The maximum atomic E-state index is 9.01. The number of carboxylic acid groups (broad SMARTS) is 2. The van der Waals surface area contributed by atoms with E-state index in [2.05, 4.69) is 6.92 Å². The van der Waals surface area contributed by atoms with Crippen molar-refractivity contribution in [1.29, 1.82) is 0 Å². The van der Waals surface area contributed by atoms with Gasteiger partial charge >= 0.3 is 0 Å².